The third kappa shape index (κ3) is 3.06. The lowest BCUT2D eigenvalue weighted by Crippen LogP contribution is -2.19. The van der Waals surface area contributed by atoms with Crippen molar-refractivity contribution in [3.63, 3.8) is 0 Å². The molecule has 0 aliphatic carbocycles. The van der Waals surface area contributed by atoms with Gasteiger partial charge >= 0.3 is 5.97 Å². The summed E-state index contributed by atoms with van der Waals surface area (Å²) in [6.07, 6.45) is 1.96. The highest BCUT2D eigenvalue weighted by atomic mass is 16.5. The Bertz CT molecular complexity index is 410. The molecule has 1 aromatic heterocycles. The lowest BCUT2D eigenvalue weighted by Gasteiger charge is -2.09. The average Bonchev–Trinajstić information content (AvgIpc) is 2.28. The van der Waals surface area contributed by atoms with Gasteiger partial charge in [0.25, 0.3) is 0 Å². The van der Waals surface area contributed by atoms with Gasteiger partial charge in [-0.1, -0.05) is 6.07 Å². The maximum absolute atomic E-state index is 11.4. The monoisotopic (exact) mass is 218 g/mol. The van der Waals surface area contributed by atoms with Gasteiger partial charge in [0, 0.05) is 18.3 Å². The molecule has 0 fully saturated rings. The van der Waals surface area contributed by atoms with Crippen molar-refractivity contribution in [2.24, 2.45) is 5.92 Å². The fourth-order valence-electron chi connectivity index (χ4n) is 1.35. The molecular weight excluding hydrogens is 204 g/mol. The quantitative estimate of drug-likeness (QED) is 0.720. The Labute approximate surface area is 94.9 Å². The Hall–Kier alpha value is -1.89. The molecule has 0 aliphatic rings. The number of ether oxygens (including phenoxy) is 1. The molecule has 0 saturated heterocycles. The number of rotatable bonds is 4. The minimum Gasteiger partial charge on any atom is -0.465 e. The number of carbonyl (C=O) groups is 1. The topological polar surface area (TPSA) is 63.0 Å². The van der Waals surface area contributed by atoms with Crippen molar-refractivity contribution in [3.05, 3.63) is 29.6 Å². The first-order chi connectivity index (χ1) is 7.69. The number of hydrogen-bond donors (Lipinski definition) is 0. The smallest absolute Gasteiger partial charge is 0.323 e. The van der Waals surface area contributed by atoms with Crippen LogP contribution in [0, 0.1) is 24.2 Å². The highest BCUT2D eigenvalue weighted by Crippen LogP contribution is 2.11. The van der Waals surface area contributed by atoms with E-state index in [1.807, 2.05) is 25.1 Å². The van der Waals surface area contributed by atoms with Crippen molar-refractivity contribution in [1.82, 2.24) is 4.98 Å². The molecule has 4 nitrogen and oxygen atoms in total. The number of aryl methyl sites for hydroxylation is 1. The van der Waals surface area contributed by atoms with Gasteiger partial charge in [-0.2, -0.15) is 5.26 Å². The normalized spacial score (nSPS) is 11.6. The fraction of sp³-hybridized carbons (Fsp3) is 0.417. The van der Waals surface area contributed by atoms with E-state index in [-0.39, 0.29) is 6.61 Å². The van der Waals surface area contributed by atoms with E-state index < -0.39 is 11.9 Å². The molecule has 0 spiro atoms. The molecule has 0 radical (unpaired) electrons. The molecular formula is C12H14N2O2. The van der Waals surface area contributed by atoms with Crippen molar-refractivity contribution < 1.29 is 9.53 Å². The van der Waals surface area contributed by atoms with E-state index in [1.54, 1.807) is 13.1 Å². The first kappa shape index (κ1) is 12.2. The highest BCUT2D eigenvalue weighted by Gasteiger charge is 2.20. The molecule has 1 aromatic rings. The molecule has 1 heterocycles. The van der Waals surface area contributed by atoms with Crippen LogP contribution in [0.25, 0.3) is 0 Å². The second kappa shape index (κ2) is 5.86. The largest absolute Gasteiger partial charge is 0.465 e. The summed E-state index contributed by atoms with van der Waals surface area (Å²) in [5, 5.41) is 8.90. The van der Waals surface area contributed by atoms with Crippen molar-refractivity contribution in [2.45, 2.75) is 20.3 Å². The van der Waals surface area contributed by atoms with E-state index in [0.29, 0.717) is 6.42 Å². The van der Waals surface area contributed by atoms with Gasteiger partial charge < -0.3 is 4.74 Å². The number of nitrogens with zero attached hydrogens (tertiary/aromatic N) is 2. The molecule has 0 saturated carbocycles. The predicted molar refractivity (Wildman–Crippen MR) is 58.4 cm³/mol. The van der Waals surface area contributed by atoms with Crippen LogP contribution in [-0.2, 0) is 16.0 Å². The molecule has 0 bridgehead atoms. The summed E-state index contributed by atoms with van der Waals surface area (Å²) >= 11 is 0. The first-order valence-electron chi connectivity index (χ1n) is 5.15. The standard InChI is InChI=1S/C12H14N2O2/c1-3-16-12(15)10(8-13)7-11-9(2)5-4-6-14-11/h4-6,10H,3,7H2,1-2H3. The second-order valence-electron chi connectivity index (χ2n) is 3.40. The highest BCUT2D eigenvalue weighted by molar-refractivity contribution is 5.75. The first-order valence-corrected chi connectivity index (χ1v) is 5.15. The van der Waals surface area contributed by atoms with Gasteiger partial charge in [0.05, 0.1) is 12.7 Å². The van der Waals surface area contributed by atoms with Crippen molar-refractivity contribution in [1.29, 1.82) is 5.26 Å². The van der Waals surface area contributed by atoms with Gasteiger partial charge in [0.15, 0.2) is 0 Å². The Morgan fingerprint density at radius 3 is 3.00 bits per heavy atom. The summed E-state index contributed by atoms with van der Waals surface area (Å²) in [5.41, 5.74) is 1.74. The minimum atomic E-state index is -0.770. The zero-order chi connectivity index (χ0) is 12.0. The van der Waals surface area contributed by atoms with Gasteiger partial charge in [0.2, 0.25) is 0 Å². The molecule has 1 rings (SSSR count). The van der Waals surface area contributed by atoms with Crippen LogP contribution >= 0.6 is 0 Å². The SMILES string of the molecule is CCOC(=O)C(C#N)Cc1ncccc1C. The summed E-state index contributed by atoms with van der Waals surface area (Å²) in [4.78, 5) is 15.6. The maximum Gasteiger partial charge on any atom is 0.323 e. The van der Waals surface area contributed by atoms with Crippen LogP contribution in [0.4, 0.5) is 0 Å². The summed E-state index contributed by atoms with van der Waals surface area (Å²) in [6.45, 7) is 3.92. The van der Waals surface area contributed by atoms with Gasteiger partial charge in [-0.15, -0.1) is 0 Å². The Kier molecular flexibility index (Phi) is 4.46. The molecule has 1 atom stereocenters. The van der Waals surface area contributed by atoms with Crippen molar-refractivity contribution in [3.8, 4) is 6.07 Å². The summed E-state index contributed by atoms with van der Waals surface area (Å²) in [6, 6.07) is 5.68. The van der Waals surface area contributed by atoms with E-state index >= 15 is 0 Å². The van der Waals surface area contributed by atoms with Crippen LogP contribution < -0.4 is 0 Å². The van der Waals surface area contributed by atoms with E-state index in [4.69, 9.17) is 10.00 Å². The average molecular weight is 218 g/mol. The molecule has 0 aromatic carbocycles. The number of hydrogen-bond acceptors (Lipinski definition) is 4. The second-order valence-corrected chi connectivity index (χ2v) is 3.40. The van der Waals surface area contributed by atoms with Gasteiger partial charge in [-0.25, -0.2) is 0 Å². The van der Waals surface area contributed by atoms with Crippen LogP contribution in [-0.4, -0.2) is 17.6 Å². The number of esters is 1. The number of nitriles is 1. The van der Waals surface area contributed by atoms with Gasteiger partial charge in [-0.3, -0.25) is 9.78 Å². The van der Waals surface area contributed by atoms with Crippen LogP contribution in [0.15, 0.2) is 18.3 Å². The lowest BCUT2D eigenvalue weighted by atomic mass is 10.0. The maximum atomic E-state index is 11.4. The van der Waals surface area contributed by atoms with E-state index in [2.05, 4.69) is 4.98 Å². The molecule has 84 valence electrons. The summed E-state index contributed by atoms with van der Waals surface area (Å²) in [5.74, 6) is -1.25. The lowest BCUT2D eigenvalue weighted by molar-refractivity contribution is -0.145. The third-order valence-corrected chi connectivity index (χ3v) is 2.24. The number of carbonyl (C=O) groups excluding carboxylic acids is 1. The van der Waals surface area contributed by atoms with E-state index in [0.717, 1.165) is 11.3 Å². The molecule has 0 N–H and O–H groups in total. The zero-order valence-corrected chi connectivity index (χ0v) is 9.43. The predicted octanol–water partition coefficient (Wildman–Crippen LogP) is 1.64. The third-order valence-electron chi connectivity index (χ3n) is 2.24. The minimum absolute atomic E-state index is 0.290. The van der Waals surface area contributed by atoms with Crippen molar-refractivity contribution >= 4 is 5.97 Å². The van der Waals surface area contributed by atoms with Crippen LogP contribution in [0.5, 0.6) is 0 Å². The molecule has 0 aliphatic heterocycles. The van der Waals surface area contributed by atoms with Crippen molar-refractivity contribution in [2.75, 3.05) is 6.61 Å². The van der Waals surface area contributed by atoms with E-state index in [1.165, 1.54) is 0 Å². The Balaban J connectivity index is 2.75. The summed E-state index contributed by atoms with van der Waals surface area (Å²) < 4.78 is 4.82. The fourth-order valence-corrected chi connectivity index (χ4v) is 1.35. The molecule has 0 amide bonds. The Morgan fingerprint density at radius 2 is 2.44 bits per heavy atom. The van der Waals surface area contributed by atoms with Crippen LogP contribution in [0.1, 0.15) is 18.2 Å². The van der Waals surface area contributed by atoms with Gasteiger partial charge in [-0.05, 0) is 25.5 Å². The molecule has 4 heteroatoms. The van der Waals surface area contributed by atoms with Gasteiger partial charge in [0.1, 0.15) is 5.92 Å². The van der Waals surface area contributed by atoms with Crippen LogP contribution in [0.2, 0.25) is 0 Å². The number of aromatic nitrogens is 1. The zero-order valence-electron chi connectivity index (χ0n) is 9.43. The molecule has 16 heavy (non-hydrogen) atoms. The van der Waals surface area contributed by atoms with Crippen LogP contribution in [0.3, 0.4) is 0 Å². The Morgan fingerprint density at radius 1 is 1.69 bits per heavy atom. The molecule has 1 unspecified atom stereocenters. The number of pyridine rings is 1. The summed E-state index contributed by atoms with van der Waals surface area (Å²) in [7, 11) is 0. The van der Waals surface area contributed by atoms with E-state index in [9.17, 15) is 4.79 Å².